The summed E-state index contributed by atoms with van der Waals surface area (Å²) in [6.45, 7) is 0. The summed E-state index contributed by atoms with van der Waals surface area (Å²) < 4.78 is 13.5. The summed E-state index contributed by atoms with van der Waals surface area (Å²) in [6.07, 6.45) is 1.33. The first-order chi connectivity index (χ1) is 9.56. The Morgan fingerprint density at radius 3 is 2.90 bits per heavy atom. The summed E-state index contributed by atoms with van der Waals surface area (Å²) in [6, 6.07) is 6.62. The molecule has 0 aliphatic carbocycles. The van der Waals surface area contributed by atoms with Crippen LogP contribution < -0.4 is 11.3 Å². The summed E-state index contributed by atoms with van der Waals surface area (Å²) in [5.74, 6) is -0.587. The Morgan fingerprint density at radius 1 is 1.30 bits per heavy atom. The minimum absolute atomic E-state index is 0.0786. The van der Waals surface area contributed by atoms with Crippen molar-refractivity contribution < 1.29 is 4.39 Å². The van der Waals surface area contributed by atoms with Gasteiger partial charge in [0.1, 0.15) is 5.82 Å². The number of halogens is 2. The molecule has 0 radical (unpaired) electrons. The van der Waals surface area contributed by atoms with Gasteiger partial charge in [-0.25, -0.2) is 9.97 Å². The van der Waals surface area contributed by atoms with Gasteiger partial charge in [-0.05, 0) is 39.7 Å². The number of rotatable bonds is 1. The number of fused-ring (bicyclic) bond motifs is 1. The van der Waals surface area contributed by atoms with Gasteiger partial charge in [-0.2, -0.15) is 4.39 Å². The highest BCUT2D eigenvalue weighted by Crippen LogP contribution is 2.29. The minimum atomic E-state index is -0.665. The van der Waals surface area contributed by atoms with Gasteiger partial charge in [0.05, 0.1) is 21.7 Å². The van der Waals surface area contributed by atoms with Crippen molar-refractivity contribution in [2.75, 3.05) is 5.73 Å². The fourth-order valence-electron chi connectivity index (χ4n) is 1.95. The highest BCUT2D eigenvalue weighted by atomic mass is 79.9. The fourth-order valence-corrected chi connectivity index (χ4v) is 2.26. The van der Waals surface area contributed by atoms with Gasteiger partial charge >= 0.3 is 0 Å². The number of nitrogen functional groups attached to an aromatic ring is 1. The third-order valence-electron chi connectivity index (χ3n) is 2.92. The van der Waals surface area contributed by atoms with Crippen LogP contribution in [0.25, 0.3) is 22.0 Å². The molecule has 7 heteroatoms. The molecular weight excluding hydrogens is 327 g/mol. The second kappa shape index (κ2) is 4.68. The summed E-state index contributed by atoms with van der Waals surface area (Å²) in [7, 11) is 0. The maximum absolute atomic E-state index is 13.3. The molecule has 0 amide bonds. The normalized spacial score (nSPS) is 10.9. The number of hydrogen-bond acceptors (Lipinski definition) is 4. The van der Waals surface area contributed by atoms with Gasteiger partial charge in [-0.3, -0.25) is 4.79 Å². The second-order valence-electron chi connectivity index (χ2n) is 4.16. The van der Waals surface area contributed by atoms with Crippen molar-refractivity contribution >= 4 is 32.7 Å². The molecule has 0 bridgehead atoms. The maximum atomic E-state index is 13.3. The average Bonchev–Trinajstić information content (AvgIpc) is 2.43. The first-order valence-corrected chi connectivity index (χ1v) is 6.45. The molecule has 2 aromatic heterocycles. The molecule has 0 unspecified atom stereocenters. The molecule has 0 spiro atoms. The number of aromatic nitrogens is 3. The van der Waals surface area contributed by atoms with E-state index in [4.69, 9.17) is 5.73 Å². The highest BCUT2D eigenvalue weighted by molar-refractivity contribution is 9.10. The molecule has 2 heterocycles. The molecule has 3 rings (SSSR count). The first kappa shape index (κ1) is 12.7. The Morgan fingerprint density at radius 2 is 2.10 bits per heavy atom. The van der Waals surface area contributed by atoms with Crippen LogP contribution in [0.3, 0.4) is 0 Å². The van der Waals surface area contributed by atoms with Crippen LogP contribution in [0.1, 0.15) is 0 Å². The van der Waals surface area contributed by atoms with Crippen molar-refractivity contribution in [1.29, 1.82) is 0 Å². The van der Waals surface area contributed by atoms with E-state index in [-0.39, 0.29) is 15.8 Å². The molecule has 0 saturated heterocycles. The largest absolute Gasteiger partial charge is 0.383 e. The quantitative estimate of drug-likeness (QED) is 0.669. The monoisotopic (exact) mass is 334 g/mol. The molecule has 3 N–H and O–H groups in total. The van der Waals surface area contributed by atoms with E-state index in [0.29, 0.717) is 22.0 Å². The Bertz CT molecular complexity index is 878. The van der Waals surface area contributed by atoms with Crippen LogP contribution in [0.15, 0.2) is 39.9 Å². The SMILES string of the molecule is Nc1nc(F)c(Br)cc1-c1ccc2c(=O)[nH]cnc2c1. The number of nitrogens with one attached hydrogen (secondary N) is 1. The maximum Gasteiger partial charge on any atom is 0.258 e. The van der Waals surface area contributed by atoms with Gasteiger partial charge in [0.15, 0.2) is 0 Å². The van der Waals surface area contributed by atoms with Crippen LogP contribution in [0.2, 0.25) is 0 Å². The van der Waals surface area contributed by atoms with Crippen LogP contribution in [0.5, 0.6) is 0 Å². The van der Waals surface area contributed by atoms with Crippen LogP contribution in [0, 0.1) is 5.95 Å². The summed E-state index contributed by atoms with van der Waals surface area (Å²) >= 11 is 3.08. The lowest BCUT2D eigenvalue weighted by atomic mass is 10.0. The number of anilines is 1. The van der Waals surface area contributed by atoms with Crippen molar-refractivity contribution in [1.82, 2.24) is 15.0 Å². The van der Waals surface area contributed by atoms with Crippen molar-refractivity contribution in [2.45, 2.75) is 0 Å². The predicted octanol–water partition coefficient (Wildman–Crippen LogP) is 2.47. The molecule has 0 atom stereocenters. The highest BCUT2D eigenvalue weighted by Gasteiger charge is 2.11. The second-order valence-corrected chi connectivity index (χ2v) is 5.01. The van der Waals surface area contributed by atoms with E-state index in [0.717, 1.165) is 0 Å². The molecule has 5 nitrogen and oxygen atoms in total. The van der Waals surface area contributed by atoms with Gasteiger partial charge in [0, 0.05) is 5.56 Å². The van der Waals surface area contributed by atoms with Crippen molar-refractivity contribution in [3.05, 3.63) is 51.4 Å². The van der Waals surface area contributed by atoms with Crippen molar-refractivity contribution in [3.8, 4) is 11.1 Å². The first-order valence-electron chi connectivity index (χ1n) is 5.65. The van der Waals surface area contributed by atoms with Crippen molar-refractivity contribution in [2.24, 2.45) is 0 Å². The Hall–Kier alpha value is -2.28. The molecule has 100 valence electrons. The molecule has 0 saturated carbocycles. The van der Waals surface area contributed by atoms with Crippen molar-refractivity contribution in [3.63, 3.8) is 0 Å². The Labute approximate surface area is 120 Å². The van der Waals surface area contributed by atoms with E-state index >= 15 is 0 Å². The number of hydrogen-bond donors (Lipinski definition) is 2. The summed E-state index contributed by atoms with van der Waals surface area (Å²) in [5.41, 5.74) is 7.34. The van der Waals surface area contributed by atoms with E-state index in [1.807, 2.05) is 0 Å². The zero-order valence-electron chi connectivity index (χ0n) is 10.0. The molecule has 1 aromatic carbocycles. The minimum Gasteiger partial charge on any atom is -0.383 e. The topological polar surface area (TPSA) is 84.7 Å². The van der Waals surface area contributed by atoms with Gasteiger partial charge in [0.2, 0.25) is 5.95 Å². The van der Waals surface area contributed by atoms with Gasteiger partial charge < -0.3 is 10.7 Å². The lowest BCUT2D eigenvalue weighted by molar-refractivity contribution is 0.579. The van der Waals surface area contributed by atoms with Crippen LogP contribution >= 0.6 is 15.9 Å². The zero-order chi connectivity index (χ0) is 14.3. The molecule has 0 fully saturated rings. The van der Waals surface area contributed by atoms with Crippen LogP contribution in [0.4, 0.5) is 10.2 Å². The average molecular weight is 335 g/mol. The van der Waals surface area contributed by atoms with E-state index in [1.54, 1.807) is 24.3 Å². The number of nitrogens with two attached hydrogens (primary N) is 1. The zero-order valence-corrected chi connectivity index (χ0v) is 11.6. The molecule has 0 aliphatic heterocycles. The number of H-pyrrole nitrogens is 1. The smallest absolute Gasteiger partial charge is 0.258 e. The van der Waals surface area contributed by atoms with E-state index < -0.39 is 5.95 Å². The fraction of sp³-hybridized carbons (Fsp3) is 0. The number of nitrogens with zero attached hydrogens (tertiary/aromatic N) is 2. The van der Waals surface area contributed by atoms with Crippen LogP contribution in [-0.2, 0) is 0 Å². The number of benzene rings is 1. The molecular formula is C13H8BrFN4O. The molecule has 20 heavy (non-hydrogen) atoms. The summed E-state index contributed by atoms with van der Waals surface area (Å²) in [4.78, 5) is 21.8. The molecule has 3 aromatic rings. The van der Waals surface area contributed by atoms with Gasteiger partial charge in [-0.15, -0.1) is 0 Å². The Kier molecular flexibility index (Phi) is 2.98. The standard InChI is InChI=1S/C13H8BrFN4O/c14-9-4-8(12(16)19-11(9)15)6-1-2-7-10(3-6)17-5-18-13(7)20/h1-5H,(H2,16,19)(H,17,18,20). The van der Waals surface area contributed by atoms with Gasteiger partial charge in [-0.1, -0.05) is 6.07 Å². The molecule has 0 aliphatic rings. The third kappa shape index (κ3) is 2.05. The number of aromatic amines is 1. The lowest BCUT2D eigenvalue weighted by Gasteiger charge is -2.07. The van der Waals surface area contributed by atoms with E-state index in [2.05, 4.69) is 30.9 Å². The van der Waals surface area contributed by atoms with E-state index in [1.165, 1.54) is 6.33 Å². The van der Waals surface area contributed by atoms with Gasteiger partial charge in [0.25, 0.3) is 5.56 Å². The summed E-state index contributed by atoms with van der Waals surface area (Å²) in [5, 5.41) is 0.476. The van der Waals surface area contributed by atoms with E-state index in [9.17, 15) is 9.18 Å². The Balaban J connectivity index is 2.25. The third-order valence-corrected chi connectivity index (χ3v) is 3.47. The number of pyridine rings is 1. The predicted molar refractivity (Wildman–Crippen MR) is 77.7 cm³/mol. The lowest BCUT2D eigenvalue weighted by Crippen LogP contribution is -2.06. The van der Waals surface area contributed by atoms with Crippen LogP contribution in [-0.4, -0.2) is 15.0 Å².